The topological polar surface area (TPSA) is 29.5 Å². The minimum Gasteiger partial charge on any atom is -0.452 e. The number of methoxy groups -OCH3 is 1. The predicted octanol–water partition coefficient (Wildman–Crippen LogP) is 3.06. The van der Waals surface area contributed by atoms with Crippen molar-refractivity contribution in [2.24, 2.45) is 0 Å². The summed E-state index contributed by atoms with van der Waals surface area (Å²) in [4.78, 5) is 13.5. The van der Waals surface area contributed by atoms with Gasteiger partial charge in [0.1, 0.15) is 0 Å². The van der Waals surface area contributed by atoms with E-state index in [-0.39, 0.29) is 12.1 Å². The Bertz CT molecular complexity index is 426. The smallest absolute Gasteiger partial charge is 0.414 e. The largest absolute Gasteiger partial charge is 0.452 e. The summed E-state index contributed by atoms with van der Waals surface area (Å²) < 4.78 is 4.83. The Morgan fingerprint density at radius 1 is 1.44 bits per heavy atom. The monoisotopic (exact) mass is 217 g/mol. The molecule has 3 heteroatoms. The molecule has 0 aliphatic carbocycles. The Morgan fingerprint density at radius 3 is 2.88 bits per heavy atom. The lowest BCUT2D eigenvalue weighted by molar-refractivity contribution is 0.177. The van der Waals surface area contributed by atoms with Crippen LogP contribution in [0.3, 0.4) is 0 Å². The minimum absolute atomic E-state index is 0.0855. The summed E-state index contributed by atoms with van der Waals surface area (Å²) in [5.41, 5.74) is 1.97. The van der Waals surface area contributed by atoms with E-state index in [2.05, 4.69) is 13.0 Å². The maximum atomic E-state index is 11.8. The summed E-state index contributed by atoms with van der Waals surface area (Å²) in [7, 11) is 1.41. The first-order chi connectivity index (χ1) is 7.77. The van der Waals surface area contributed by atoms with Gasteiger partial charge in [-0.15, -0.1) is 0 Å². The summed E-state index contributed by atoms with van der Waals surface area (Å²) in [6.07, 6.45) is 4.67. The first-order valence-corrected chi connectivity index (χ1v) is 5.42. The summed E-state index contributed by atoms with van der Waals surface area (Å²) in [6.45, 7) is 2.05. The van der Waals surface area contributed by atoms with Crippen LogP contribution in [-0.4, -0.2) is 19.2 Å². The second-order valence-corrected chi connectivity index (χ2v) is 3.73. The van der Waals surface area contributed by atoms with Crippen molar-refractivity contribution < 1.29 is 9.53 Å². The van der Waals surface area contributed by atoms with Gasteiger partial charge < -0.3 is 4.74 Å². The van der Waals surface area contributed by atoms with Gasteiger partial charge in [0.05, 0.1) is 18.8 Å². The van der Waals surface area contributed by atoms with E-state index in [0.717, 1.165) is 17.7 Å². The molecule has 1 unspecified atom stereocenters. The van der Waals surface area contributed by atoms with Crippen LogP contribution in [0.1, 0.15) is 18.9 Å². The van der Waals surface area contributed by atoms with E-state index in [1.807, 2.05) is 30.3 Å². The quantitative estimate of drug-likeness (QED) is 0.723. The summed E-state index contributed by atoms with van der Waals surface area (Å²) in [5, 5.41) is 0. The number of nitrogens with zero attached hydrogens (tertiary/aromatic N) is 1. The van der Waals surface area contributed by atoms with Gasteiger partial charge in [-0.05, 0) is 18.1 Å². The summed E-state index contributed by atoms with van der Waals surface area (Å²) >= 11 is 0. The number of amides is 1. The van der Waals surface area contributed by atoms with E-state index < -0.39 is 0 Å². The molecular formula is C13H15NO2. The van der Waals surface area contributed by atoms with Gasteiger partial charge in [0.2, 0.25) is 0 Å². The molecule has 84 valence electrons. The maximum Gasteiger partial charge on any atom is 0.414 e. The van der Waals surface area contributed by atoms with Gasteiger partial charge in [-0.2, -0.15) is 0 Å². The zero-order chi connectivity index (χ0) is 11.5. The van der Waals surface area contributed by atoms with Crippen LogP contribution in [0, 0.1) is 0 Å². The van der Waals surface area contributed by atoms with Crippen LogP contribution in [0.4, 0.5) is 10.5 Å². The fourth-order valence-electron chi connectivity index (χ4n) is 1.98. The third-order valence-corrected chi connectivity index (χ3v) is 2.82. The second-order valence-electron chi connectivity index (χ2n) is 3.73. The average Bonchev–Trinajstić information content (AvgIpc) is 2.36. The Kier molecular flexibility index (Phi) is 2.95. The minimum atomic E-state index is -0.302. The van der Waals surface area contributed by atoms with Crippen LogP contribution >= 0.6 is 0 Å². The second kappa shape index (κ2) is 4.39. The standard InChI is InChI=1S/C13H15NO2/c1-3-11-9-8-10-6-4-5-7-12(10)14(11)13(15)16-2/h4-9,11H,3H2,1-2H3. The molecule has 1 aromatic carbocycles. The van der Waals surface area contributed by atoms with E-state index in [1.54, 1.807) is 4.90 Å². The molecule has 2 rings (SSSR count). The Hall–Kier alpha value is -1.77. The number of para-hydroxylation sites is 1. The predicted molar refractivity (Wildman–Crippen MR) is 64.4 cm³/mol. The molecule has 1 atom stereocenters. The zero-order valence-corrected chi connectivity index (χ0v) is 9.51. The van der Waals surface area contributed by atoms with Crippen LogP contribution in [0.25, 0.3) is 6.08 Å². The van der Waals surface area contributed by atoms with Gasteiger partial charge >= 0.3 is 6.09 Å². The molecule has 1 amide bonds. The third kappa shape index (κ3) is 1.69. The van der Waals surface area contributed by atoms with E-state index in [9.17, 15) is 4.79 Å². The van der Waals surface area contributed by atoms with Gasteiger partial charge in [-0.25, -0.2) is 4.79 Å². The lowest BCUT2D eigenvalue weighted by Crippen LogP contribution is -2.40. The van der Waals surface area contributed by atoms with Crippen molar-refractivity contribution >= 4 is 17.9 Å². The number of anilines is 1. The molecule has 0 radical (unpaired) electrons. The number of fused-ring (bicyclic) bond motifs is 1. The van der Waals surface area contributed by atoms with E-state index in [0.29, 0.717) is 0 Å². The number of carbonyl (C=O) groups is 1. The molecule has 0 aromatic heterocycles. The number of carbonyl (C=O) groups excluding carboxylic acids is 1. The molecule has 0 spiro atoms. The molecule has 0 saturated heterocycles. The Morgan fingerprint density at radius 2 is 2.19 bits per heavy atom. The molecule has 1 heterocycles. The van der Waals surface area contributed by atoms with Crippen molar-refractivity contribution in [3.63, 3.8) is 0 Å². The highest BCUT2D eigenvalue weighted by molar-refractivity contribution is 5.93. The highest BCUT2D eigenvalue weighted by atomic mass is 16.5. The fourth-order valence-corrected chi connectivity index (χ4v) is 1.98. The van der Waals surface area contributed by atoms with Crippen LogP contribution in [-0.2, 0) is 4.74 Å². The van der Waals surface area contributed by atoms with Crippen LogP contribution in [0.2, 0.25) is 0 Å². The lowest BCUT2D eigenvalue weighted by Gasteiger charge is -2.32. The zero-order valence-electron chi connectivity index (χ0n) is 9.51. The van der Waals surface area contributed by atoms with Crippen molar-refractivity contribution in [2.45, 2.75) is 19.4 Å². The normalized spacial score (nSPS) is 18.1. The van der Waals surface area contributed by atoms with Crippen molar-refractivity contribution in [1.82, 2.24) is 0 Å². The first kappa shape index (κ1) is 10.7. The summed E-state index contributed by atoms with van der Waals surface area (Å²) in [6, 6.07) is 7.92. The number of hydrogen-bond donors (Lipinski definition) is 0. The number of rotatable bonds is 1. The van der Waals surface area contributed by atoms with E-state index >= 15 is 0 Å². The fraction of sp³-hybridized carbons (Fsp3) is 0.308. The van der Waals surface area contributed by atoms with Crippen molar-refractivity contribution in [3.8, 4) is 0 Å². The molecule has 3 nitrogen and oxygen atoms in total. The lowest BCUT2D eigenvalue weighted by atomic mass is 10.0. The molecule has 0 N–H and O–H groups in total. The van der Waals surface area contributed by atoms with Crippen molar-refractivity contribution in [1.29, 1.82) is 0 Å². The molecule has 1 aromatic rings. The molecule has 1 aliphatic rings. The van der Waals surface area contributed by atoms with Gasteiger partial charge in [0, 0.05) is 0 Å². The van der Waals surface area contributed by atoms with Crippen LogP contribution < -0.4 is 4.90 Å². The van der Waals surface area contributed by atoms with Crippen molar-refractivity contribution in [3.05, 3.63) is 35.9 Å². The number of ether oxygens (including phenoxy) is 1. The number of benzene rings is 1. The molecule has 16 heavy (non-hydrogen) atoms. The highest BCUT2D eigenvalue weighted by Gasteiger charge is 2.27. The Balaban J connectivity index is 2.46. The maximum absolute atomic E-state index is 11.8. The van der Waals surface area contributed by atoms with Gasteiger partial charge in [-0.3, -0.25) is 4.90 Å². The van der Waals surface area contributed by atoms with Crippen LogP contribution in [0.15, 0.2) is 30.3 Å². The molecule has 0 saturated carbocycles. The average molecular weight is 217 g/mol. The molecular weight excluding hydrogens is 202 g/mol. The van der Waals surface area contributed by atoms with E-state index in [4.69, 9.17) is 4.74 Å². The van der Waals surface area contributed by atoms with E-state index in [1.165, 1.54) is 7.11 Å². The number of hydrogen-bond acceptors (Lipinski definition) is 2. The SMILES string of the molecule is CCC1C=Cc2ccccc2N1C(=O)OC. The highest BCUT2D eigenvalue weighted by Crippen LogP contribution is 2.30. The third-order valence-electron chi connectivity index (χ3n) is 2.82. The Labute approximate surface area is 95.3 Å². The van der Waals surface area contributed by atoms with Gasteiger partial charge in [0.25, 0.3) is 0 Å². The molecule has 1 aliphatic heterocycles. The van der Waals surface area contributed by atoms with Crippen molar-refractivity contribution in [2.75, 3.05) is 12.0 Å². The summed E-state index contributed by atoms with van der Waals surface area (Å²) in [5.74, 6) is 0. The van der Waals surface area contributed by atoms with Crippen LogP contribution in [0.5, 0.6) is 0 Å². The molecule has 0 fully saturated rings. The molecule has 0 bridgehead atoms. The van der Waals surface area contributed by atoms with Gasteiger partial charge in [-0.1, -0.05) is 37.3 Å². The first-order valence-electron chi connectivity index (χ1n) is 5.42. The van der Waals surface area contributed by atoms with Gasteiger partial charge in [0.15, 0.2) is 0 Å².